The lowest BCUT2D eigenvalue weighted by Gasteiger charge is -2.16. The van der Waals surface area contributed by atoms with Crippen LogP contribution in [0.25, 0.3) is 11.3 Å². The summed E-state index contributed by atoms with van der Waals surface area (Å²) in [6.45, 7) is 0.0431. The SMILES string of the molecule is O=c1cc(C(F)(F)F)cc(-c2ccccc2)n1Cc1ccc(F)cc1. The lowest BCUT2D eigenvalue weighted by Crippen LogP contribution is -2.24. The Balaban J connectivity index is 2.16. The Morgan fingerprint density at radius 1 is 0.880 bits per heavy atom. The summed E-state index contributed by atoms with van der Waals surface area (Å²) >= 11 is 0. The van der Waals surface area contributed by atoms with Gasteiger partial charge in [-0.15, -0.1) is 0 Å². The fraction of sp³-hybridized carbons (Fsp3) is 0.105. The van der Waals surface area contributed by atoms with Gasteiger partial charge in [0.25, 0.3) is 5.56 Å². The molecule has 0 aliphatic rings. The zero-order valence-corrected chi connectivity index (χ0v) is 12.9. The third-order valence-electron chi connectivity index (χ3n) is 3.78. The molecule has 0 saturated heterocycles. The number of aromatic nitrogens is 1. The van der Waals surface area contributed by atoms with E-state index in [0.29, 0.717) is 17.2 Å². The van der Waals surface area contributed by atoms with E-state index >= 15 is 0 Å². The molecule has 0 aliphatic heterocycles. The zero-order chi connectivity index (χ0) is 18.0. The summed E-state index contributed by atoms with van der Waals surface area (Å²) in [4.78, 5) is 12.3. The minimum absolute atomic E-state index is 0.0431. The fourth-order valence-electron chi connectivity index (χ4n) is 2.54. The summed E-state index contributed by atoms with van der Waals surface area (Å²) < 4.78 is 53.5. The molecule has 0 spiro atoms. The van der Waals surface area contributed by atoms with Crippen LogP contribution in [0.5, 0.6) is 0 Å². The van der Waals surface area contributed by atoms with Gasteiger partial charge in [-0.2, -0.15) is 13.2 Å². The van der Waals surface area contributed by atoms with Crippen molar-refractivity contribution in [2.75, 3.05) is 0 Å². The Hall–Kier alpha value is -2.89. The van der Waals surface area contributed by atoms with Crippen molar-refractivity contribution in [3.63, 3.8) is 0 Å². The van der Waals surface area contributed by atoms with Gasteiger partial charge in [0, 0.05) is 6.07 Å². The standard InChI is InChI=1S/C19H13F4NO/c20-16-8-6-13(7-9-16)12-24-17(14-4-2-1-3-5-14)10-15(11-18(24)25)19(21,22)23/h1-11H,12H2. The van der Waals surface area contributed by atoms with E-state index in [-0.39, 0.29) is 12.2 Å². The van der Waals surface area contributed by atoms with Crippen molar-refractivity contribution in [1.82, 2.24) is 4.57 Å². The van der Waals surface area contributed by atoms with E-state index in [1.165, 1.54) is 28.8 Å². The second-order valence-corrected chi connectivity index (χ2v) is 5.54. The van der Waals surface area contributed by atoms with Crippen molar-refractivity contribution >= 4 is 0 Å². The average Bonchev–Trinajstić information content (AvgIpc) is 2.58. The first-order chi connectivity index (χ1) is 11.8. The monoisotopic (exact) mass is 347 g/mol. The summed E-state index contributed by atoms with van der Waals surface area (Å²) in [5, 5.41) is 0. The summed E-state index contributed by atoms with van der Waals surface area (Å²) in [5.74, 6) is -0.424. The van der Waals surface area contributed by atoms with Crippen molar-refractivity contribution in [1.29, 1.82) is 0 Å². The second kappa shape index (κ2) is 6.55. The van der Waals surface area contributed by atoms with Crippen LogP contribution in [0.15, 0.2) is 71.5 Å². The number of nitrogens with zero attached hydrogens (tertiary/aromatic N) is 1. The van der Waals surface area contributed by atoms with Gasteiger partial charge in [0.2, 0.25) is 0 Å². The van der Waals surface area contributed by atoms with Crippen molar-refractivity contribution in [3.8, 4) is 11.3 Å². The third kappa shape index (κ3) is 3.79. The molecule has 0 atom stereocenters. The van der Waals surface area contributed by atoms with E-state index in [0.717, 1.165) is 6.07 Å². The van der Waals surface area contributed by atoms with Gasteiger partial charge in [-0.1, -0.05) is 42.5 Å². The number of rotatable bonds is 3. The largest absolute Gasteiger partial charge is 0.416 e. The molecule has 0 saturated carbocycles. The first-order valence-electron chi connectivity index (χ1n) is 7.46. The molecule has 3 rings (SSSR count). The molecule has 0 amide bonds. The van der Waals surface area contributed by atoms with Gasteiger partial charge < -0.3 is 4.57 Å². The molecule has 2 nitrogen and oxygen atoms in total. The Morgan fingerprint density at radius 2 is 1.52 bits per heavy atom. The Kier molecular flexibility index (Phi) is 4.44. The van der Waals surface area contributed by atoms with Crippen LogP contribution in [0.3, 0.4) is 0 Å². The van der Waals surface area contributed by atoms with Crippen molar-refractivity contribution in [2.45, 2.75) is 12.7 Å². The first-order valence-corrected chi connectivity index (χ1v) is 7.46. The van der Waals surface area contributed by atoms with Crippen LogP contribution in [0.1, 0.15) is 11.1 Å². The van der Waals surface area contributed by atoms with Crippen molar-refractivity contribution in [2.24, 2.45) is 0 Å². The number of hydrogen-bond donors (Lipinski definition) is 0. The predicted octanol–water partition coefficient (Wildman–Crippen LogP) is 4.72. The molecule has 0 N–H and O–H groups in total. The molecule has 0 bridgehead atoms. The van der Waals surface area contributed by atoms with E-state index in [1.807, 2.05) is 0 Å². The van der Waals surface area contributed by atoms with Gasteiger partial charge in [0.05, 0.1) is 17.8 Å². The molecule has 0 unspecified atom stereocenters. The van der Waals surface area contributed by atoms with Crippen LogP contribution in [-0.2, 0) is 12.7 Å². The van der Waals surface area contributed by atoms with Crippen LogP contribution < -0.4 is 5.56 Å². The van der Waals surface area contributed by atoms with E-state index < -0.39 is 23.1 Å². The topological polar surface area (TPSA) is 22.0 Å². The maximum atomic E-state index is 13.1. The first kappa shape index (κ1) is 17.0. The third-order valence-corrected chi connectivity index (χ3v) is 3.78. The van der Waals surface area contributed by atoms with E-state index in [9.17, 15) is 22.4 Å². The van der Waals surface area contributed by atoms with Gasteiger partial charge in [0.15, 0.2) is 0 Å². The minimum Gasteiger partial charge on any atom is -0.304 e. The Labute approximate surface area is 141 Å². The highest BCUT2D eigenvalue weighted by atomic mass is 19.4. The van der Waals surface area contributed by atoms with Crippen LogP contribution in [0.4, 0.5) is 17.6 Å². The van der Waals surface area contributed by atoms with E-state index in [1.54, 1.807) is 30.3 Å². The molecule has 25 heavy (non-hydrogen) atoms. The van der Waals surface area contributed by atoms with Crippen molar-refractivity contribution in [3.05, 3.63) is 94.0 Å². The molecule has 0 aliphatic carbocycles. The number of hydrogen-bond acceptors (Lipinski definition) is 1. The molecule has 6 heteroatoms. The highest BCUT2D eigenvalue weighted by molar-refractivity contribution is 5.60. The molecular weight excluding hydrogens is 334 g/mol. The summed E-state index contributed by atoms with van der Waals surface area (Å²) in [6, 6.07) is 15.4. The Morgan fingerprint density at radius 3 is 2.12 bits per heavy atom. The summed E-state index contributed by atoms with van der Waals surface area (Å²) in [5.41, 5.74) is -0.497. The molecule has 2 aromatic carbocycles. The lowest BCUT2D eigenvalue weighted by atomic mass is 10.1. The van der Waals surface area contributed by atoms with E-state index in [2.05, 4.69) is 0 Å². The summed E-state index contributed by atoms with van der Waals surface area (Å²) in [7, 11) is 0. The highest BCUT2D eigenvalue weighted by Crippen LogP contribution is 2.31. The van der Waals surface area contributed by atoms with Gasteiger partial charge >= 0.3 is 6.18 Å². The average molecular weight is 347 g/mol. The van der Waals surface area contributed by atoms with Crippen molar-refractivity contribution < 1.29 is 17.6 Å². The molecule has 0 fully saturated rings. The highest BCUT2D eigenvalue weighted by Gasteiger charge is 2.32. The maximum Gasteiger partial charge on any atom is 0.416 e. The van der Waals surface area contributed by atoms with Gasteiger partial charge in [-0.25, -0.2) is 4.39 Å². The number of halogens is 4. The smallest absolute Gasteiger partial charge is 0.304 e. The molecule has 1 heterocycles. The zero-order valence-electron chi connectivity index (χ0n) is 12.9. The van der Waals surface area contributed by atoms with Crippen LogP contribution >= 0.6 is 0 Å². The minimum atomic E-state index is -4.61. The molecule has 128 valence electrons. The number of pyridine rings is 1. The molecule has 0 radical (unpaired) electrons. The fourth-order valence-corrected chi connectivity index (χ4v) is 2.54. The normalized spacial score (nSPS) is 11.5. The number of alkyl halides is 3. The number of benzene rings is 2. The van der Waals surface area contributed by atoms with Crippen LogP contribution in [-0.4, -0.2) is 4.57 Å². The quantitative estimate of drug-likeness (QED) is 0.628. The predicted molar refractivity (Wildman–Crippen MR) is 86.6 cm³/mol. The molecular formula is C19H13F4NO. The maximum absolute atomic E-state index is 13.1. The van der Waals surface area contributed by atoms with E-state index in [4.69, 9.17) is 0 Å². The van der Waals surface area contributed by atoms with Gasteiger partial charge in [-0.05, 0) is 29.3 Å². The van der Waals surface area contributed by atoms with Gasteiger partial charge in [0.1, 0.15) is 5.82 Å². The Bertz CT molecular complexity index is 928. The molecule has 1 aromatic heterocycles. The second-order valence-electron chi connectivity index (χ2n) is 5.54. The molecule has 3 aromatic rings. The van der Waals surface area contributed by atoms with Gasteiger partial charge in [-0.3, -0.25) is 4.79 Å². The van der Waals surface area contributed by atoms with Crippen LogP contribution in [0.2, 0.25) is 0 Å². The summed E-state index contributed by atoms with van der Waals surface area (Å²) in [6.07, 6.45) is -4.61. The lowest BCUT2D eigenvalue weighted by molar-refractivity contribution is -0.137. The van der Waals surface area contributed by atoms with Crippen LogP contribution in [0, 0.1) is 5.82 Å².